The Morgan fingerprint density at radius 2 is 2.00 bits per heavy atom. The van der Waals surface area contributed by atoms with E-state index in [1.807, 2.05) is 18.2 Å². The van der Waals surface area contributed by atoms with Gasteiger partial charge in [-0.15, -0.1) is 0 Å². The van der Waals surface area contributed by atoms with E-state index in [-0.39, 0.29) is 5.91 Å². The summed E-state index contributed by atoms with van der Waals surface area (Å²) in [6.07, 6.45) is -0.458. The fourth-order valence-electron chi connectivity index (χ4n) is 1.89. The monoisotopic (exact) mass is 236 g/mol. The van der Waals surface area contributed by atoms with E-state index in [9.17, 15) is 4.79 Å². The molecule has 0 aliphatic carbocycles. The molecule has 1 aliphatic heterocycles. The largest absolute Gasteiger partial charge is 0.357 e. The summed E-state index contributed by atoms with van der Waals surface area (Å²) in [5, 5.41) is 5.96. The molecule has 0 aromatic heterocycles. The normalized spacial score (nSPS) is 27.7. The number of anilines is 1. The van der Waals surface area contributed by atoms with Crippen molar-refractivity contribution in [2.24, 2.45) is 0 Å². The predicted molar refractivity (Wildman–Crippen MR) is 63.7 cm³/mol. The summed E-state index contributed by atoms with van der Waals surface area (Å²) in [6, 6.07) is 7.27. The van der Waals surface area contributed by atoms with Crippen LogP contribution in [0.2, 0.25) is 0 Å². The van der Waals surface area contributed by atoms with Crippen LogP contribution in [0.1, 0.15) is 17.3 Å². The van der Waals surface area contributed by atoms with E-state index in [2.05, 4.69) is 10.6 Å². The molecule has 1 heterocycles. The van der Waals surface area contributed by atoms with Gasteiger partial charge < -0.3 is 20.1 Å². The molecule has 92 valence electrons. The van der Waals surface area contributed by atoms with Crippen LogP contribution in [0.4, 0.5) is 5.69 Å². The fourth-order valence-corrected chi connectivity index (χ4v) is 1.89. The predicted octanol–water partition coefficient (Wildman–Crippen LogP) is 1.18. The lowest BCUT2D eigenvalue weighted by atomic mass is 10.1. The van der Waals surface area contributed by atoms with Gasteiger partial charge in [-0.3, -0.25) is 4.79 Å². The van der Waals surface area contributed by atoms with Crippen LogP contribution < -0.4 is 10.6 Å². The topological polar surface area (TPSA) is 59.6 Å². The zero-order valence-electron chi connectivity index (χ0n) is 10.1. The second-order valence-electron chi connectivity index (χ2n) is 4.07. The van der Waals surface area contributed by atoms with Gasteiger partial charge in [0, 0.05) is 19.9 Å². The van der Waals surface area contributed by atoms with E-state index in [1.54, 1.807) is 20.1 Å². The van der Waals surface area contributed by atoms with Crippen LogP contribution in [-0.2, 0) is 9.47 Å². The minimum absolute atomic E-state index is 0.183. The molecule has 1 amide bonds. The third-order valence-electron chi connectivity index (χ3n) is 2.98. The molecule has 5 nitrogen and oxygen atoms in total. The number of para-hydroxylation sites is 1. The summed E-state index contributed by atoms with van der Waals surface area (Å²) >= 11 is 0. The van der Waals surface area contributed by atoms with Gasteiger partial charge in [-0.25, -0.2) is 0 Å². The first-order chi connectivity index (χ1) is 8.10. The summed E-state index contributed by atoms with van der Waals surface area (Å²) in [6.45, 7) is 1.76. The molecule has 0 radical (unpaired) electrons. The zero-order chi connectivity index (χ0) is 12.5. The molecule has 0 fully saturated rings. The quantitative estimate of drug-likeness (QED) is 0.809. The molecular weight excluding hydrogens is 220 g/mol. The minimum atomic E-state index is -0.912. The number of ether oxygens (including phenoxy) is 2. The molecule has 17 heavy (non-hydrogen) atoms. The van der Waals surface area contributed by atoms with Gasteiger partial charge in [0.2, 0.25) is 0 Å². The van der Waals surface area contributed by atoms with Crippen molar-refractivity contribution in [1.29, 1.82) is 0 Å². The Labute approximate surface area is 100 Å². The average Bonchev–Trinajstić information content (AvgIpc) is 2.45. The van der Waals surface area contributed by atoms with E-state index in [0.29, 0.717) is 5.56 Å². The number of benzene rings is 1. The first-order valence-corrected chi connectivity index (χ1v) is 5.37. The summed E-state index contributed by atoms with van der Waals surface area (Å²) in [5.41, 5.74) is 0.401. The third kappa shape index (κ3) is 1.99. The van der Waals surface area contributed by atoms with Crippen molar-refractivity contribution in [3.8, 4) is 0 Å². The molecule has 5 heteroatoms. The molecule has 2 N–H and O–H groups in total. The van der Waals surface area contributed by atoms with E-state index in [4.69, 9.17) is 9.47 Å². The highest BCUT2D eigenvalue weighted by atomic mass is 16.6. The first-order valence-electron chi connectivity index (χ1n) is 5.37. The molecule has 2 unspecified atom stereocenters. The van der Waals surface area contributed by atoms with Crippen LogP contribution in [0.25, 0.3) is 0 Å². The van der Waals surface area contributed by atoms with E-state index >= 15 is 0 Å². The number of amides is 1. The zero-order valence-corrected chi connectivity index (χ0v) is 10.1. The van der Waals surface area contributed by atoms with Crippen LogP contribution in [0.5, 0.6) is 0 Å². The van der Waals surface area contributed by atoms with E-state index in [0.717, 1.165) is 5.69 Å². The summed E-state index contributed by atoms with van der Waals surface area (Å²) < 4.78 is 10.7. The van der Waals surface area contributed by atoms with Crippen molar-refractivity contribution < 1.29 is 14.3 Å². The average molecular weight is 236 g/mol. The van der Waals surface area contributed by atoms with E-state index < -0.39 is 12.0 Å². The summed E-state index contributed by atoms with van der Waals surface area (Å²) in [4.78, 5) is 12.1. The third-order valence-corrected chi connectivity index (χ3v) is 2.98. The van der Waals surface area contributed by atoms with Gasteiger partial charge in [-0.2, -0.15) is 0 Å². The Balaban J connectivity index is 2.44. The summed E-state index contributed by atoms with van der Waals surface area (Å²) in [5.74, 6) is -0.183. The Bertz CT molecular complexity index is 436. The molecule has 1 aromatic carbocycles. The maximum absolute atomic E-state index is 12.1. The Morgan fingerprint density at radius 3 is 2.65 bits per heavy atom. The van der Waals surface area contributed by atoms with Crippen molar-refractivity contribution in [1.82, 2.24) is 5.32 Å². The van der Waals surface area contributed by atoms with E-state index in [1.165, 1.54) is 7.11 Å². The number of hydrogen-bond acceptors (Lipinski definition) is 4. The number of nitrogens with one attached hydrogen (secondary N) is 2. The Kier molecular flexibility index (Phi) is 3.04. The Morgan fingerprint density at radius 1 is 1.29 bits per heavy atom. The lowest BCUT2D eigenvalue weighted by Crippen LogP contribution is -2.57. The maximum atomic E-state index is 12.1. The lowest BCUT2D eigenvalue weighted by molar-refractivity contribution is -0.107. The Hall–Kier alpha value is -1.59. The van der Waals surface area contributed by atoms with Gasteiger partial charge in [0.15, 0.2) is 12.0 Å². The van der Waals surface area contributed by atoms with Gasteiger partial charge in [0.05, 0.1) is 5.56 Å². The summed E-state index contributed by atoms with van der Waals surface area (Å²) in [7, 11) is 3.10. The molecule has 0 spiro atoms. The van der Waals surface area contributed by atoms with Gasteiger partial charge in [0.1, 0.15) is 0 Å². The number of methoxy groups -OCH3 is 2. The van der Waals surface area contributed by atoms with Gasteiger partial charge in [0.25, 0.3) is 5.91 Å². The molecule has 0 saturated heterocycles. The highest BCUT2D eigenvalue weighted by Crippen LogP contribution is 2.25. The van der Waals surface area contributed by atoms with Crippen LogP contribution >= 0.6 is 0 Å². The van der Waals surface area contributed by atoms with Gasteiger partial charge >= 0.3 is 0 Å². The van der Waals surface area contributed by atoms with Crippen LogP contribution in [-0.4, -0.2) is 32.1 Å². The number of carbonyl (C=O) groups is 1. The number of hydrogen-bond donors (Lipinski definition) is 2. The van der Waals surface area contributed by atoms with Gasteiger partial charge in [-0.1, -0.05) is 12.1 Å². The SMILES string of the molecule is COC1Nc2ccccc2C(=O)NC1(C)OC. The smallest absolute Gasteiger partial charge is 0.255 e. The second kappa shape index (κ2) is 4.35. The van der Waals surface area contributed by atoms with Gasteiger partial charge in [-0.05, 0) is 19.1 Å². The fraction of sp³-hybridized carbons (Fsp3) is 0.417. The minimum Gasteiger partial charge on any atom is -0.357 e. The lowest BCUT2D eigenvalue weighted by Gasteiger charge is -2.34. The van der Waals surface area contributed by atoms with Crippen molar-refractivity contribution in [2.75, 3.05) is 19.5 Å². The van der Waals surface area contributed by atoms with Crippen LogP contribution in [0.3, 0.4) is 0 Å². The molecule has 1 aromatic rings. The molecule has 0 bridgehead atoms. The highest BCUT2D eigenvalue weighted by molar-refractivity contribution is 6.00. The van der Waals surface area contributed by atoms with Crippen molar-refractivity contribution in [2.45, 2.75) is 18.9 Å². The maximum Gasteiger partial charge on any atom is 0.255 e. The standard InChI is InChI=1S/C12H16N2O3/c1-12(17-3)11(16-2)13-9-7-5-4-6-8(9)10(15)14-12/h4-7,11,13H,1-3H3,(H,14,15). The van der Waals surface area contributed by atoms with Crippen LogP contribution in [0, 0.1) is 0 Å². The molecule has 2 rings (SSSR count). The van der Waals surface area contributed by atoms with Crippen LogP contribution in [0.15, 0.2) is 24.3 Å². The molecular formula is C12H16N2O3. The van der Waals surface area contributed by atoms with Crippen molar-refractivity contribution >= 4 is 11.6 Å². The molecule has 1 aliphatic rings. The molecule has 2 atom stereocenters. The first kappa shape index (κ1) is 11.9. The van der Waals surface area contributed by atoms with Crippen molar-refractivity contribution in [3.63, 3.8) is 0 Å². The second-order valence-corrected chi connectivity index (χ2v) is 4.07. The highest BCUT2D eigenvalue weighted by Gasteiger charge is 2.39. The number of fused-ring (bicyclic) bond motifs is 1. The number of rotatable bonds is 2. The number of carbonyl (C=O) groups excluding carboxylic acids is 1. The molecule has 0 saturated carbocycles. The van der Waals surface area contributed by atoms with Crippen molar-refractivity contribution in [3.05, 3.63) is 29.8 Å².